The summed E-state index contributed by atoms with van der Waals surface area (Å²) in [5.74, 6) is 0.790. The summed E-state index contributed by atoms with van der Waals surface area (Å²) in [6.07, 6.45) is 4.19. The number of aromatic nitrogens is 2. The van der Waals surface area contributed by atoms with E-state index in [1.54, 1.807) is 12.3 Å². The highest BCUT2D eigenvalue weighted by Gasteiger charge is 2.25. The number of amides is 1. The van der Waals surface area contributed by atoms with Crippen LogP contribution in [0.25, 0.3) is 16.2 Å². The van der Waals surface area contributed by atoms with Crippen LogP contribution in [0.1, 0.15) is 24.7 Å². The van der Waals surface area contributed by atoms with E-state index < -0.39 is 0 Å². The largest absolute Gasteiger partial charge is 0.409 e. The van der Waals surface area contributed by atoms with Gasteiger partial charge in [-0.2, -0.15) is 0 Å². The van der Waals surface area contributed by atoms with Gasteiger partial charge in [0.2, 0.25) is 11.3 Å². The Labute approximate surface area is 128 Å². The predicted octanol–water partition coefficient (Wildman–Crippen LogP) is 2.96. The normalized spacial score (nSPS) is 14.1. The number of carbonyl (C=O) groups excluding carboxylic acids is 1. The fraction of sp³-hybridized carbons (Fsp3) is 0.250. The van der Waals surface area contributed by atoms with Crippen LogP contribution < -0.4 is 5.32 Å². The number of aryl methyl sites for hydroxylation is 1. The second-order valence-electron chi connectivity index (χ2n) is 5.14. The van der Waals surface area contributed by atoms with Crippen molar-refractivity contribution in [1.29, 1.82) is 5.39 Å². The van der Waals surface area contributed by atoms with Crippen molar-refractivity contribution in [2.75, 3.05) is 6.54 Å². The van der Waals surface area contributed by atoms with Gasteiger partial charge in [0.25, 0.3) is 0 Å². The smallest absolute Gasteiger partial charge is 0.348 e. The summed E-state index contributed by atoms with van der Waals surface area (Å²) in [6, 6.07) is 5.61. The molecule has 0 saturated heterocycles. The molecule has 22 heavy (non-hydrogen) atoms. The molecule has 6 nitrogen and oxygen atoms in total. The van der Waals surface area contributed by atoms with Gasteiger partial charge in [-0.05, 0) is 30.5 Å². The van der Waals surface area contributed by atoms with Crippen molar-refractivity contribution in [3.05, 3.63) is 52.5 Å². The van der Waals surface area contributed by atoms with E-state index in [2.05, 4.69) is 15.3 Å². The molecule has 0 unspecified atom stereocenters. The Morgan fingerprint density at radius 2 is 2.27 bits per heavy atom. The van der Waals surface area contributed by atoms with Gasteiger partial charge in [-0.15, -0.1) is 0 Å². The van der Waals surface area contributed by atoms with Gasteiger partial charge in [0.15, 0.2) is 4.98 Å². The average molecular weight is 294 g/mol. The third kappa shape index (κ3) is 2.17. The zero-order chi connectivity index (χ0) is 15.7. The van der Waals surface area contributed by atoms with Gasteiger partial charge in [-0.25, -0.2) is 4.98 Å². The molecule has 1 aromatic heterocycles. The van der Waals surface area contributed by atoms with Crippen LogP contribution in [0.3, 0.4) is 0 Å². The Hall–Kier alpha value is -2.94. The first-order valence-electron chi connectivity index (χ1n) is 7.15. The van der Waals surface area contributed by atoms with Crippen molar-refractivity contribution in [1.82, 2.24) is 14.9 Å². The molecular weight excluding hydrogens is 278 g/mol. The van der Waals surface area contributed by atoms with Gasteiger partial charge in [-0.1, -0.05) is 13.0 Å². The van der Waals surface area contributed by atoms with E-state index in [1.165, 1.54) is 0 Å². The predicted molar refractivity (Wildman–Crippen MR) is 83.3 cm³/mol. The van der Waals surface area contributed by atoms with Crippen molar-refractivity contribution in [3.8, 4) is 5.69 Å². The number of carbonyl (C=O) groups is 1. The van der Waals surface area contributed by atoms with Crippen LogP contribution in [0.2, 0.25) is 0 Å². The Kier molecular flexibility index (Phi) is 3.47. The molecule has 0 radical (unpaired) electrons. The summed E-state index contributed by atoms with van der Waals surface area (Å²) < 4.78 is 1.85. The molecule has 110 valence electrons. The van der Waals surface area contributed by atoms with E-state index in [4.69, 9.17) is 0 Å². The minimum atomic E-state index is -0.0190. The van der Waals surface area contributed by atoms with Gasteiger partial charge in [0.05, 0.1) is 0 Å². The molecule has 0 saturated carbocycles. The summed E-state index contributed by atoms with van der Waals surface area (Å²) in [5, 5.41) is 12.2. The number of nitrogens with one attached hydrogen (secondary N) is 1. The van der Waals surface area contributed by atoms with Crippen molar-refractivity contribution in [2.24, 2.45) is 0 Å². The molecule has 1 N–H and O–H groups in total. The van der Waals surface area contributed by atoms with Crippen molar-refractivity contribution < 1.29 is 4.79 Å². The quantitative estimate of drug-likeness (QED) is 0.884. The molecule has 0 spiro atoms. The summed E-state index contributed by atoms with van der Waals surface area (Å²) in [4.78, 5) is 19.4. The second-order valence-corrected chi connectivity index (χ2v) is 5.14. The van der Waals surface area contributed by atoms with Crippen LogP contribution in [-0.4, -0.2) is 22.0 Å². The molecule has 1 amide bonds. The maximum absolute atomic E-state index is 11.8. The van der Waals surface area contributed by atoms with Crippen molar-refractivity contribution in [2.45, 2.75) is 20.3 Å². The molecular formula is C16H16N5O+. The summed E-state index contributed by atoms with van der Waals surface area (Å²) in [6.45, 7) is 4.35. The lowest BCUT2D eigenvalue weighted by Gasteiger charge is -2.06. The molecule has 1 aliphatic heterocycles. The minimum Gasteiger partial charge on any atom is -0.348 e. The van der Waals surface area contributed by atoms with Crippen LogP contribution in [0.15, 0.2) is 36.2 Å². The number of rotatable bonds is 3. The number of diazo groups is 1. The Bertz CT molecular complexity index is 825. The number of nitrogens with zero attached hydrogens (tertiary/aromatic N) is 4. The van der Waals surface area contributed by atoms with Crippen LogP contribution in [-0.2, 0) is 4.79 Å². The molecule has 0 atom stereocenters. The fourth-order valence-corrected chi connectivity index (χ4v) is 2.80. The highest BCUT2D eigenvalue weighted by atomic mass is 16.1. The zero-order valence-electron chi connectivity index (χ0n) is 12.5. The van der Waals surface area contributed by atoms with E-state index in [0.717, 1.165) is 28.2 Å². The monoisotopic (exact) mass is 294 g/mol. The first-order valence-corrected chi connectivity index (χ1v) is 7.15. The standard InChI is InChI=1S/C16H15N5O/c1-3-12-13(9-19-16(12)22)11-4-5-15(14(8-11)20-17)21-7-6-18-10(21)2/h4-8H,3,9H2,1-2H3/p+1. The maximum atomic E-state index is 11.8. The summed E-state index contributed by atoms with van der Waals surface area (Å²) >= 11 is 0. The second kappa shape index (κ2) is 5.45. The third-order valence-electron chi connectivity index (χ3n) is 3.93. The van der Waals surface area contributed by atoms with E-state index in [-0.39, 0.29) is 5.91 Å². The minimum absolute atomic E-state index is 0.0190. The number of hydrogen-bond donors (Lipinski definition) is 1. The first-order chi connectivity index (χ1) is 10.7. The third-order valence-corrected chi connectivity index (χ3v) is 3.93. The van der Waals surface area contributed by atoms with E-state index >= 15 is 0 Å². The highest BCUT2D eigenvalue weighted by Crippen LogP contribution is 2.31. The zero-order valence-corrected chi connectivity index (χ0v) is 12.5. The summed E-state index contributed by atoms with van der Waals surface area (Å²) in [7, 11) is 0. The molecule has 2 heterocycles. The van der Waals surface area contributed by atoms with Crippen LogP contribution in [0.4, 0.5) is 5.69 Å². The van der Waals surface area contributed by atoms with Crippen molar-refractivity contribution in [3.63, 3.8) is 0 Å². The molecule has 0 aliphatic carbocycles. The van der Waals surface area contributed by atoms with Gasteiger partial charge in [-0.3, -0.25) is 9.36 Å². The molecule has 2 aromatic rings. The average Bonchev–Trinajstić information content (AvgIpc) is 3.12. The first kappa shape index (κ1) is 14.0. The van der Waals surface area contributed by atoms with E-state index in [0.29, 0.717) is 18.7 Å². The van der Waals surface area contributed by atoms with Gasteiger partial charge < -0.3 is 5.32 Å². The van der Waals surface area contributed by atoms with Crippen molar-refractivity contribution >= 4 is 17.2 Å². The lowest BCUT2D eigenvalue weighted by atomic mass is 9.99. The molecule has 0 fully saturated rings. The molecule has 0 bridgehead atoms. The molecule has 6 heteroatoms. The van der Waals surface area contributed by atoms with Crippen LogP contribution in [0.5, 0.6) is 0 Å². The molecule has 3 rings (SSSR count). The topological polar surface area (TPSA) is 75.1 Å². The lowest BCUT2D eigenvalue weighted by Crippen LogP contribution is -2.17. The Morgan fingerprint density at radius 3 is 2.91 bits per heavy atom. The number of hydrogen-bond acceptors (Lipinski definition) is 3. The van der Waals surface area contributed by atoms with Gasteiger partial charge >= 0.3 is 5.69 Å². The van der Waals surface area contributed by atoms with E-state index in [9.17, 15) is 10.2 Å². The summed E-state index contributed by atoms with van der Waals surface area (Å²) in [5.41, 5.74) is 3.84. The van der Waals surface area contributed by atoms with Crippen LogP contribution in [0, 0.1) is 12.3 Å². The number of imidazole rings is 1. The fourth-order valence-electron chi connectivity index (χ4n) is 2.80. The van der Waals surface area contributed by atoms with Gasteiger partial charge in [0, 0.05) is 30.6 Å². The molecule has 1 aromatic carbocycles. The van der Waals surface area contributed by atoms with E-state index in [1.807, 2.05) is 36.7 Å². The Morgan fingerprint density at radius 1 is 1.45 bits per heavy atom. The van der Waals surface area contributed by atoms with Crippen LogP contribution >= 0.6 is 0 Å². The number of benzene rings is 1. The maximum Gasteiger partial charge on any atom is 0.409 e. The Balaban J connectivity index is 2.11. The highest BCUT2D eigenvalue weighted by molar-refractivity contribution is 6.06. The SMILES string of the molecule is CCC1=C(c2ccc(-n3ccnc3C)c([N+]#N)c2)CNC1=O. The van der Waals surface area contributed by atoms with Gasteiger partial charge in [0.1, 0.15) is 11.5 Å². The molecule has 1 aliphatic rings. The lowest BCUT2D eigenvalue weighted by molar-refractivity contribution is -0.116.